The topological polar surface area (TPSA) is 29.3 Å². The first kappa shape index (κ1) is 9.17. The number of hydrogen-bond donors (Lipinski definition) is 1. The van der Waals surface area contributed by atoms with Gasteiger partial charge >= 0.3 is 0 Å². The minimum Gasteiger partial charge on any atom is -0.325 e. The molecule has 0 aromatic rings. The minimum absolute atomic E-state index is 0.285. The summed E-state index contributed by atoms with van der Waals surface area (Å²) in [5, 5.41) is 0. The van der Waals surface area contributed by atoms with E-state index in [4.69, 9.17) is 5.73 Å². The maximum absolute atomic E-state index is 6.44. The highest BCUT2D eigenvalue weighted by Crippen LogP contribution is 2.68. The Labute approximate surface area is 86.8 Å². The van der Waals surface area contributed by atoms with Gasteiger partial charge in [0.1, 0.15) is 0 Å². The van der Waals surface area contributed by atoms with Gasteiger partial charge in [-0.2, -0.15) is 0 Å². The van der Waals surface area contributed by atoms with Crippen molar-refractivity contribution < 1.29 is 0 Å². The van der Waals surface area contributed by atoms with Crippen LogP contribution in [0.1, 0.15) is 38.5 Å². The highest BCUT2D eigenvalue weighted by atomic mass is 15.1. The zero-order valence-electron chi connectivity index (χ0n) is 9.26. The van der Waals surface area contributed by atoms with Crippen molar-refractivity contribution in [1.82, 2.24) is 4.90 Å². The van der Waals surface area contributed by atoms with Crippen molar-refractivity contribution in [2.24, 2.45) is 17.1 Å². The largest absolute Gasteiger partial charge is 0.325 e. The Morgan fingerprint density at radius 2 is 1.64 bits per heavy atom. The van der Waals surface area contributed by atoms with Gasteiger partial charge in [-0.15, -0.1) is 0 Å². The van der Waals surface area contributed by atoms with Crippen LogP contribution in [-0.2, 0) is 0 Å². The van der Waals surface area contributed by atoms with Gasteiger partial charge in [0, 0.05) is 5.54 Å². The molecule has 3 aliphatic rings. The molecule has 0 spiro atoms. The molecule has 0 aromatic carbocycles. The molecule has 3 rings (SSSR count). The molecule has 2 saturated carbocycles. The standard InChI is InChI=1S/C12H22N2/c1-14-8-2-10(3-9-14)11(4-5-11)12(13)6-7-12/h10H,2-9,13H2,1H3. The number of rotatable bonds is 2. The van der Waals surface area contributed by atoms with Gasteiger partial charge in [-0.25, -0.2) is 0 Å². The summed E-state index contributed by atoms with van der Waals surface area (Å²) >= 11 is 0. The van der Waals surface area contributed by atoms with E-state index in [1.807, 2.05) is 0 Å². The second-order valence-electron chi connectivity index (χ2n) is 5.89. The molecule has 2 nitrogen and oxygen atoms in total. The molecular formula is C12H22N2. The summed E-state index contributed by atoms with van der Waals surface area (Å²) < 4.78 is 0. The van der Waals surface area contributed by atoms with Gasteiger partial charge in [-0.1, -0.05) is 0 Å². The smallest absolute Gasteiger partial charge is 0.0215 e. The van der Waals surface area contributed by atoms with Crippen LogP contribution in [0, 0.1) is 11.3 Å². The molecule has 14 heavy (non-hydrogen) atoms. The van der Waals surface area contributed by atoms with Crippen LogP contribution in [0.5, 0.6) is 0 Å². The third kappa shape index (κ3) is 1.17. The number of likely N-dealkylation sites (tertiary alicyclic amines) is 1. The van der Waals surface area contributed by atoms with E-state index >= 15 is 0 Å². The van der Waals surface area contributed by atoms with E-state index in [-0.39, 0.29) is 5.54 Å². The average Bonchev–Trinajstić information content (AvgIpc) is 3.01. The maximum Gasteiger partial charge on any atom is 0.0215 e. The van der Waals surface area contributed by atoms with Gasteiger partial charge in [0.25, 0.3) is 0 Å². The zero-order chi connectivity index (χ0) is 9.81. The van der Waals surface area contributed by atoms with Crippen LogP contribution in [0.25, 0.3) is 0 Å². The van der Waals surface area contributed by atoms with Crippen molar-refractivity contribution >= 4 is 0 Å². The molecule has 80 valence electrons. The van der Waals surface area contributed by atoms with Crippen LogP contribution in [0.3, 0.4) is 0 Å². The number of hydrogen-bond acceptors (Lipinski definition) is 2. The fourth-order valence-corrected chi connectivity index (χ4v) is 3.64. The number of nitrogens with zero attached hydrogens (tertiary/aromatic N) is 1. The van der Waals surface area contributed by atoms with Gasteiger partial charge in [0.2, 0.25) is 0 Å². The van der Waals surface area contributed by atoms with E-state index < -0.39 is 0 Å². The quantitative estimate of drug-likeness (QED) is 0.723. The third-order valence-corrected chi connectivity index (χ3v) is 5.07. The van der Waals surface area contributed by atoms with Crippen LogP contribution < -0.4 is 5.73 Å². The van der Waals surface area contributed by atoms with Crippen molar-refractivity contribution in [3.05, 3.63) is 0 Å². The average molecular weight is 194 g/mol. The summed E-state index contributed by atoms with van der Waals surface area (Å²) in [6.07, 6.45) is 8.26. The molecule has 0 unspecified atom stereocenters. The van der Waals surface area contributed by atoms with Crippen LogP contribution in [0.4, 0.5) is 0 Å². The van der Waals surface area contributed by atoms with E-state index in [0.717, 1.165) is 5.92 Å². The van der Waals surface area contributed by atoms with Crippen molar-refractivity contribution in [2.45, 2.75) is 44.1 Å². The lowest BCUT2D eigenvalue weighted by Crippen LogP contribution is -2.43. The molecule has 0 bridgehead atoms. The van der Waals surface area contributed by atoms with Crippen LogP contribution >= 0.6 is 0 Å². The monoisotopic (exact) mass is 194 g/mol. The first-order valence-corrected chi connectivity index (χ1v) is 6.14. The predicted molar refractivity (Wildman–Crippen MR) is 58.0 cm³/mol. The second-order valence-corrected chi connectivity index (χ2v) is 5.89. The Kier molecular flexibility index (Phi) is 1.79. The van der Waals surface area contributed by atoms with Gasteiger partial charge in [-0.05, 0) is 70.0 Å². The van der Waals surface area contributed by atoms with Gasteiger partial charge in [-0.3, -0.25) is 0 Å². The summed E-state index contributed by atoms with van der Waals surface area (Å²) in [5.74, 6) is 0.950. The first-order valence-electron chi connectivity index (χ1n) is 6.14. The summed E-state index contributed by atoms with van der Waals surface area (Å²) in [4.78, 5) is 2.46. The lowest BCUT2D eigenvalue weighted by Gasteiger charge is -2.38. The highest BCUT2D eigenvalue weighted by Gasteiger charge is 2.66. The van der Waals surface area contributed by atoms with E-state index in [1.54, 1.807) is 0 Å². The van der Waals surface area contributed by atoms with E-state index in [2.05, 4.69) is 11.9 Å². The molecule has 1 saturated heterocycles. The molecule has 0 amide bonds. The fourth-order valence-electron chi connectivity index (χ4n) is 3.64. The Morgan fingerprint density at radius 3 is 2.07 bits per heavy atom. The molecule has 1 aliphatic heterocycles. The molecule has 2 N–H and O–H groups in total. The van der Waals surface area contributed by atoms with Crippen LogP contribution in [-0.4, -0.2) is 30.6 Å². The highest BCUT2D eigenvalue weighted by molar-refractivity contribution is 5.21. The Balaban J connectivity index is 1.70. The molecule has 0 atom stereocenters. The van der Waals surface area contributed by atoms with Crippen molar-refractivity contribution in [3.63, 3.8) is 0 Å². The predicted octanol–water partition coefficient (Wildman–Crippen LogP) is 1.60. The normalized spacial score (nSPS) is 35.6. The lowest BCUT2D eigenvalue weighted by atomic mass is 9.75. The molecule has 2 heteroatoms. The molecular weight excluding hydrogens is 172 g/mol. The summed E-state index contributed by atoms with van der Waals surface area (Å²) in [6.45, 7) is 2.59. The van der Waals surface area contributed by atoms with Gasteiger partial charge in [0.05, 0.1) is 0 Å². The zero-order valence-corrected chi connectivity index (χ0v) is 9.26. The summed E-state index contributed by atoms with van der Waals surface area (Å²) in [6, 6.07) is 0. The van der Waals surface area contributed by atoms with E-state index in [0.29, 0.717) is 5.41 Å². The fraction of sp³-hybridized carbons (Fsp3) is 1.00. The molecule has 2 aliphatic carbocycles. The van der Waals surface area contributed by atoms with Crippen molar-refractivity contribution in [1.29, 1.82) is 0 Å². The molecule has 0 aromatic heterocycles. The summed E-state index contributed by atoms with van der Waals surface area (Å²) in [7, 11) is 2.24. The number of piperidine rings is 1. The molecule has 3 fully saturated rings. The first-order chi connectivity index (χ1) is 6.66. The Bertz CT molecular complexity index is 233. The van der Waals surface area contributed by atoms with E-state index in [9.17, 15) is 0 Å². The van der Waals surface area contributed by atoms with E-state index in [1.165, 1.54) is 51.6 Å². The molecule has 1 heterocycles. The van der Waals surface area contributed by atoms with Gasteiger partial charge < -0.3 is 10.6 Å². The number of nitrogens with two attached hydrogens (primary N) is 1. The minimum atomic E-state index is 0.285. The van der Waals surface area contributed by atoms with Crippen molar-refractivity contribution in [3.8, 4) is 0 Å². The van der Waals surface area contributed by atoms with Gasteiger partial charge in [0.15, 0.2) is 0 Å². The molecule has 0 radical (unpaired) electrons. The Hall–Kier alpha value is -0.0800. The summed E-state index contributed by atoms with van der Waals surface area (Å²) in [5.41, 5.74) is 7.33. The lowest BCUT2D eigenvalue weighted by molar-refractivity contribution is 0.132. The second kappa shape index (κ2) is 2.73. The van der Waals surface area contributed by atoms with Crippen molar-refractivity contribution in [2.75, 3.05) is 20.1 Å². The Morgan fingerprint density at radius 1 is 1.07 bits per heavy atom. The van der Waals surface area contributed by atoms with Crippen LogP contribution in [0.15, 0.2) is 0 Å². The SMILES string of the molecule is CN1CCC(C2(C3(N)CC3)CC2)CC1. The maximum atomic E-state index is 6.44. The third-order valence-electron chi connectivity index (χ3n) is 5.07. The van der Waals surface area contributed by atoms with Crippen LogP contribution in [0.2, 0.25) is 0 Å².